The van der Waals surface area contributed by atoms with Gasteiger partial charge in [-0.15, -0.1) is 11.6 Å². The summed E-state index contributed by atoms with van der Waals surface area (Å²) in [5.74, 6) is 2.43. The predicted octanol–water partition coefficient (Wildman–Crippen LogP) is 4.64. The smallest absolute Gasteiger partial charge is 0.127 e. The van der Waals surface area contributed by atoms with Crippen molar-refractivity contribution < 1.29 is 0 Å². The van der Waals surface area contributed by atoms with Gasteiger partial charge in [0.15, 0.2) is 0 Å². The van der Waals surface area contributed by atoms with E-state index in [0.717, 1.165) is 29.3 Å². The predicted molar refractivity (Wildman–Crippen MR) is 85.2 cm³/mol. The Kier molecular flexibility index (Phi) is 3.91. The third-order valence-electron chi connectivity index (χ3n) is 4.51. The monoisotopic (exact) mass is 301 g/mol. The summed E-state index contributed by atoms with van der Waals surface area (Å²) in [7, 11) is 0. The number of rotatable bonds is 3. The van der Waals surface area contributed by atoms with Gasteiger partial charge in [0, 0.05) is 6.54 Å². The van der Waals surface area contributed by atoms with Crippen molar-refractivity contribution in [2.75, 3.05) is 0 Å². The Hall–Kier alpha value is -1.53. The van der Waals surface area contributed by atoms with Crippen molar-refractivity contribution in [3.63, 3.8) is 0 Å². The molecular formula is C17H20ClN3. The zero-order valence-electron chi connectivity index (χ0n) is 12.5. The minimum atomic E-state index is -0.123. The van der Waals surface area contributed by atoms with E-state index in [1.54, 1.807) is 0 Å². The molecule has 0 bridgehead atoms. The van der Waals surface area contributed by atoms with Gasteiger partial charge in [-0.2, -0.15) is 5.26 Å². The van der Waals surface area contributed by atoms with E-state index in [1.807, 2.05) is 25.1 Å². The van der Waals surface area contributed by atoms with E-state index >= 15 is 0 Å². The summed E-state index contributed by atoms with van der Waals surface area (Å²) in [5.41, 5.74) is 2.65. The first kappa shape index (κ1) is 14.4. The molecule has 1 aromatic heterocycles. The van der Waals surface area contributed by atoms with Gasteiger partial charge in [-0.25, -0.2) is 4.98 Å². The molecule has 110 valence electrons. The third-order valence-corrected chi connectivity index (χ3v) is 4.70. The van der Waals surface area contributed by atoms with Gasteiger partial charge in [-0.3, -0.25) is 0 Å². The molecule has 3 rings (SSSR count). The Morgan fingerprint density at radius 1 is 1.48 bits per heavy atom. The highest BCUT2D eigenvalue weighted by Crippen LogP contribution is 2.34. The summed E-state index contributed by atoms with van der Waals surface area (Å²) in [6.45, 7) is 5.24. The Balaban J connectivity index is 2.04. The van der Waals surface area contributed by atoms with Crippen LogP contribution in [0.4, 0.5) is 0 Å². The molecule has 0 amide bonds. The lowest BCUT2D eigenvalue weighted by Gasteiger charge is -2.15. The van der Waals surface area contributed by atoms with E-state index in [-0.39, 0.29) is 5.38 Å². The Morgan fingerprint density at radius 3 is 2.90 bits per heavy atom. The standard InChI is InChI=1S/C17H20ClN3/c1-11-3-4-14(7-11)10-21-16-8-13(9-19)5-6-15(16)20-17(21)12(2)18/h5-6,8,11-12,14H,3-4,7,10H2,1-2H3. The summed E-state index contributed by atoms with van der Waals surface area (Å²) >= 11 is 6.32. The molecule has 0 saturated heterocycles. The maximum absolute atomic E-state index is 9.12. The fourth-order valence-electron chi connectivity index (χ4n) is 3.46. The number of fused-ring (bicyclic) bond motifs is 1. The normalized spacial score (nSPS) is 23.3. The van der Waals surface area contributed by atoms with Crippen molar-refractivity contribution in [1.29, 1.82) is 5.26 Å². The van der Waals surface area contributed by atoms with Crippen LogP contribution >= 0.6 is 11.6 Å². The fourth-order valence-corrected chi connectivity index (χ4v) is 3.62. The molecule has 2 aromatic rings. The number of hydrogen-bond donors (Lipinski definition) is 0. The van der Waals surface area contributed by atoms with Gasteiger partial charge < -0.3 is 4.57 Å². The highest BCUT2D eigenvalue weighted by molar-refractivity contribution is 6.20. The largest absolute Gasteiger partial charge is 0.326 e. The number of nitrogens with zero attached hydrogens (tertiary/aromatic N) is 3. The Morgan fingerprint density at radius 2 is 2.29 bits per heavy atom. The van der Waals surface area contributed by atoms with Crippen molar-refractivity contribution in [3.05, 3.63) is 29.6 Å². The molecular weight excluding hydrogens is 282 g/mol. The van der Waals surface area contributed by atoms with Crippen LogP contribution in [0, 0.1) is 23.2 Å². The van der Waals surface area contributed by atoms with E-state index in [1.165, 1.54) is 19.3 Å². The number of benzene rings is 1. The molecule has 3 unspecified atom stereocenters. The maximum atomic E-state index is 9.12. The topological polar surface area (TPSA) is 41.6 Å². The van der Waals surface area contributed by atoms with Gasteiger partial charge in [0.1, 0.15) is 5.82 Å². The maximum Gasteiger partial charge on any atom is 0.127 e. The second-order valence-corrected chi connectivity index (χ2v) is 6.95. The van der Waals surface area contributed by atoms with Gasteiger partial charge in [-0.05, 0) is 49.8 Å². The molecule has 0 N–H and O–H groups in total. The molecule has 21 heavy (non-hydrogen) atoms. The first-order chi connectivity index (χ1) is 10.1. The van der Waals surface area contributed by atoms with Crippen molar-refractivity contribution >= 4 is 22.6 Å². The molecule has 3 nitrogen and oxygen atoms in total. The molecule has 1 aliphatic carbocycles. The number of imidazole rings is 1. The number of nitriles is 1. The van der Waals surface area contributed by atoms with Crippen molar-refractivity contribution in [3.8, 4) is 6.07 Å². The van der Waals surface area contributed by atoms with Crippen molar-refractivity contribution in [2.45, 2.75) is 45.0 Å². The Bertz CT molecular complexity index is 696. The lowest BCUT2D eigenvalue weighted by atomic mass is 10.1. The van der Waals surface area contributed by atoms with E-state index in [2.05, 4.69) is 22.5 Å². The lowest BCUT2D eigenvalue weighted by molar-refractivity contribution is 0.438. The average Bonchev–Trinajstić information content (AvgIpc) is 3.03. The molecule has 1 fully saturated rings. The lowest BCUT2D eigenvalue weighted by Crippen LogP contribution is -2.11. The van der Waals surface area contributed by atoms with E-state index in [9.17, 15) is 0 Å². The summed E-state index contributed by atoms with van der Waals surface area (Å²) in [4.78, 5) is 4.67. The number of alkyl halides is 1. The minimum absolute atomic E-state index is 0.123. The molecule has 3 atom stereocenters. The summed E-state index contributed by atoms with van der Waals surface area (Å²) in [6, 6.07) is 7.89. The van der Waals surface area contributed by atoms with Crippen molar-refractivity contribution in [2.24, 2.45) is 11.8 Å². The quantitative estimate of drug-likeness (QED) is 0.775. The molecule has 0 aliphatic heterocycles. The van der Waals surface area contributed by atoms with Crippen LogP contribution in [0.1, 0.15) is 49.9 Å². The van der Waals surface area contributed by atoms with Gasteiger partial charge in [0.05, 0.1) is 28.0 Å². The van der Waals surface area contributed by atoms with Crippen molar-refractivity contribution in [1.82, 2.24) is 9.55 Å². The average molecular weight is 302 g/mol. The molecule has 0 radical (unpaired) electrons. The van der Waals surface area contributed by atoms with Gasteiger partial charge in [-0.1, -0.05) is 13.3 Å². The first-order valence-electron chi connectivity index (χ1n) is 7.63. The summed E-state index contributed by atoms with van der Waals surface area (Å²) < 4.78 is 2.23. The minimum Gasteiger partial charge on any atom is -0.326 e. The summed E-state index contributed by atoms with van der Waals surface area (Å²) in [5, 5.41) is 8.99. The van der Waals surface area contributed by atoms with Crippen LogP contribution in [0.25, 0.3) is 11.0 Å². The van der Waals surface area contributed by atoms with E-state index in [0.29, 0.717) is 11.5 Å². The second-order valence-electron chi connectivity index (χ2n) is 6.30. The zero-order valence-corrected chi connectivity index (χ0v) is 13.3. The van der Waals surface area contributed by atoms with Crippen LogP contribution < -0.4 is 0 Å². The van der Waals surface area contributed by atoms with E-state index in [4.69, 9.17) is 16.9 Å². The number of halogens is 1. The van der Waals surface area contributed by atoms with Gasteiger partial charge >= 0.3 is 0 Å². The molecule has 1 aliphatic rings. The number of hydrogen-bond acceptors (Lipinski definition) is 2. The first-order valence-corrected chi connectivity index (χ1v) is 8.06. The highest BCUT2D eigenvalue weighted by Gasteiger charge is 2.24. The third kappa shape index (κ3) is 2.78. The molecule has 1 heterocycles. The van der Waals surface area contributed by atoms with Gasteiger partial charge in [0.2, 0.25) is 0 Å². The second kappa shape index (κ2) is 5.69. The SMILES string of the molecule is CC1CCC(Cn2c(C(C)Cl)nc3ccc(C#N)cc32)C1. The van der Waals surface area contributed by atoms with Gasteiger partial charge in [0.25, 0.3) is 0 Å². The molecule has 1 aromatic carbocycles. The molecule has 1 saturated carbocycles. The van der Waals surface area contributed by atoms with Crippen LogP contribution in [0.3, 0.4) is 0 Å². The fraction of sp³-hybridized carbons (Fsp3) is 0.529. The number of aromatic nitrogens is 2. The van der Waals surface area contributed by atoms with E-state index < -0.39 is 0 Å². The van der Waals surface area contributed by atoms with Crippen LogP contribution in [0.2, 0.25) is 0 Å². The highest BCUT2D eigenvalue weighted by atomic mass is 35.5. The van der Waals surface area contributed by atoms with Crippen LogP contribution in [-0.2, 0) is 6.54 Å². The Labute approximate surface area is 130 Å². The molecule has 0 spiro atoms. The van der Waals surface area contributed by atoms with Crippen LogP contribution in [-0.4, -0.2) is 9.55 Å². The molecule has 4 heteroatoms. The summed E-state index contributed by atoms with van der Waals surface area (Å²) in [6.07, 6.45) is 3.86. The van der Waals surface area contributed by atoms with Crippen LogP contribution in [0.15, 0.2) is 18.2 Å². The zero-order chi connectivity index (χ0) is 15.0. The van der Waals surface area contributed by atoms with Crippen LogP contribution in [0.5, 0.6) is 0 Å².